The summed E-state index contributed by atoms with van der Waals surface area (Å²) in [5, 5.41) is 0. The number of pyridine rings is 1. The number of nitrogens with two attached hydrogens (primary N) is 1. The van der Waals surface area contributed by atoms with Crippen LogP contribution in [0, 0.1) is 11.8 Å². The third-order valence-corrected chi connectivity index (χ3v) is 2.76. The van der Waals surface area contributed by atoms with Gasteiger partial charge in [-0.1, -0.05) is 6.92 Å². The highest BCUT2D eigenvalue weighted by Crippen LogP contribution is 2.38. The number of hydrogen-bond donors (Lipinski definition) is 1. The van der Waals surface area contributed by atoms with E-state index in [2.05, 4.69) is 6.92 Å². The third kappa shape index (κ3) is 1.59. The summed E-state index contributed by atoms with van der Waals surface area (Å²) in [4.78, 5) is 11.5. The average Bonchev–Trinajstić information content (AvgIpc) is 2.77. The molecule has 2 atom stereocenters. The summed E-state index contributed by atoms with van der Waals surface area (Å²) in [6, 6.07) is 3.47. The molecule has 13 heavy (non-hydrogen) atoms. The molecule has 2 N–H and O–H groups in total. The zero-order chi connectivity index (χ0) is 9.42. The van der Waals surface area contributed by atoms with E-state index in [1.807, 2.05) is 12.3 Å². The van der Waals surface area contributed by atoms with Crippen molar-refractivity contribution in [2.24, 2.45) is 11.8 Å². The van der Waals surface area contributed by atoms with Gasteiger partial charge in [0.15, 0.2) is 0 Å². The molecule has 1 saturated carbocycles. The first-order valence-electron chi connectivity index (χ1n) is 4.63. The van der Waals surface area contributed by atoms with Gasteiger partial charge in [0.2, 0.25) is 0 Å². The molecule has 3 heteroatoms. The van der Waals surface area contributed by atoms with Crippen LogP contribution in [0.15, 0.2) is 23.1 Å². The fraction of sp³-hybridized carbons (Fsp3) is 0.500. The predicted octanol–water partition coefficient (Wildman–Crippen LogP) is 1.09. The second-order valence-electron chi connectivity index (χ2n) is 3.89. The number of nitrogens with zero attached hydrogens (tertiary/aromatic N) is 1. The van der Waals surface area contributed by atoms with E-state index in [-0.39, 0.29) is 5.56 Å². The van der Waals surface area contributed by atoms with E-state index in [1.54, 1.807) is 10.6 Å². The van der Waals surface area contributed by atoms with Crippen LogP contribution >= 0.6 is 0 Å². The largest absolute Gasteiger partial charge is 0.394 e. The molecule has 70 valence electrons. The lowest BCUT2D eigenvalue weighted by atomic mass is 10.3. The smallest absolute Gasteiger partial charge is 0.273 e. The van der Waals surface area contributed by atoms with Crippen LogP contribution in [-0.2, 0) is 6.54 Å². The molecule has 0 aromatic carbocycles. The van der Waals surface area contributed by atoms with Crippen LogP contribution in [-0.4, -0.2) is 4.57 Å². The van der Waals surface area contributed by atoms with Gasteiger partial charge in [-0.05, 0) is 30.4 Å². The maximum absolute atomic E-state index is 11.5. The minimum Gasteiger partial charge on any atom is -0.394 e. The van der Waals surface area contributed by atoms with E-state index in [9.17, 15) is 4.79 Å². The van der Waals surface area contributed by atoms with Crippen molar-refractivity contribution in [3.8, 4) is 0 Å². The topological polar surface area (TPSA) is 48.0 Å². The van der Waals surface area contributed by atoms with E-state index in [1.165, 1.54) is 6.42 Å². The number of anilines is 1. The first-order valence-corrected chi connectivity index (χ1v) is 4.63. The minimum absolute atomic E-state index is 0.0541. The van der Waals surface area contributed by atoms with Crippen molar-refractivity contribution >= 4 is 5.69 Å². The minimum atomic E-state index is -0.0541. The zero-order valence-corrected chi connectivity index (χ0v) is 7.73. The number of nitrogen functional groups attached to an aromatic ring is 1. The standard InChI is InChI=1S/C10H14N2O/c1-7-5-8(7)6-12-4-2-3-9(11)10(12)13/h2-4,7-8H,5-6,11H2,1H3. The highest BCUT2D eigenvalue weighted by atomic mass is 16.1. The predicted molar refractivity (Wildman–Crippen MR) is 52.4 cm³/mol. The average molecular weight is 178 g/mol. The zero-order valence-electron chi connectivity index (χ0n) is 7.73. The molecule has 1 aromatic rings. The van der Waals surface area contributed by atoms with E-state index in [0.29, 0.717) is 11.6 Å². The van der Waals surface area contributed by atoms with Crippen LogP contribution in [0.3, 0.4) is 0 Å². The van der Waals surface area contributed by atoms with E-state index >= 15 is 0 Å². The molecular formula is C10H14N2O. The third-order valence-electron chi connectivity index (χ3n) is 2.76. The van der Waals surface area contributed by atoms with Gasteiger partial charge >= 0.3 is 0 Å². The molecular weight excluding hydrogens is 164 g/mol. The first kappa shape index (κ1) is 8.35. The van der Waals surface area contributed by atoms with E-state index in [4.69, 9.17) is 5.73 Å². The highest BCUT2D eigenvalue weighted by Gasteiger charge is 2.32. The molecule has 0 aliphatic heterocycles. The number of hydrogen-bond acceptors (Lipinski definition) is 2. The van der Waals surface area contributed by atoms with Gasteiger partial charge in [-0.2, -0.15) is 0 Å². The molecule has 0 saturated heterocycles. The Balaban J connectivity index is 2.21. The van der Waals surface area contributed by atoms with Crippen molar-refractivity contribution in [3.63, 3.8) is 0 Å². The van der Waals surface area contributed by atoms with Crippen molar-refractivity contribution in [3.05, 3.63) is 28.7 Å². The molecule has 1 fully saturated rings. The van der Waals surface area contributed by atoms with Gasteiger partial charge in [-0.15, -0.1) is 0 Å². The summed E-state index contributed by atoms with van der Waals surface area (Å²) in [5.41, 5.74) is 5.81. The lowest BCUT2D eigenvalue weighted by Gasteiger charge is -2.04. The molecule has 1 aliphatic rings. The van der Waals surface area contributed by atoms with Gasteiger partial charge in [-0.3, -0.25) is 4.79 Å². The summed E-state index contributed by atoms with van der Waals surface area (Å²) in [6.45, 7) is 3.03. The Morgan fingerprint density at radius 2 is 2.38 bits per heavy atom. The second kappa shape index (κ2) is 2.91. The maximum Gasteiger partial charge on any atom is 0.273 e. The van der Waals surface area contributed by atoms with Gasteiger partial charge in [0.05, 0.1) is 5.69 Å². The lowest BCUT2D eigenvalue weighted by Crippen LogP contribution is -2.22. The van der Waals surface area contributed by atoms with Gasteiger partial charge in [0, 0.05) is 12.7 Å². The fourth-order valence-corrected chi connectivity index (χ4v) is 1.61. The molecule has 1 aliphatic carbocycles. The van der Waals surface area contributed by atoms with Gasteiger partial charge in [-0.25, -0.2) is 0 Å². The molecule has 0 radical (unpaired) electrons. The molecule has 2 rings (SSSR count). The van der Waals surface area contributed by atoms with Crippen molar-refractivity contribution in [1.82, 2.24) is 4.57 Å². The van der Waals surface area contributed by atoms with Crippen LogP contribution in [0.4, 0.5) is 5.69 Å². The van der Waals surface area contributed by atoms with Gasteiger partial charge < -0.3 is 10.3 Å². The van der Waals surface area contributed by atoms with Crippen LogP contribution in [0.2, 0.25) is 0 Å². The molecule has 3 nitrogen and oxygen atoms in total. The van der Waals surface area contributed by atoms with Crippen LogP contribution in [0.5, 0.6) is 0 Å². The van der Waals surface area contributed by atoms with E-state index < -0.39 is 0 Å². The highest BCUT2D eigenvalue weighted by molar-refractivity contribution is 5.33. The summed E-state index contributed by atoms with van der Waals surface area (Å²) in [6.07, 6.45) is 3.05. The lowest BCUT2D eigenvalue weighted by molar-refractivity contribution is 0.578. The molecule has 2 unspecified atom stereocenters. The SMILES string of the molecule is CC1CC1Cn1cccc(N)c1=O. The maximum atomic E-state index is 11.5. The fourth-order valence-electron chi connectivity index (χ4n) is 1.61. The van der Waals surface area contributed by atoms with Crippen LogP contribution in [0.25, 0.3) is 0 Å². The normalized spacial score (nSPS) is 25.9. The van der Waals surface area contributed by atoms with Gasteiger partial charge in [0.1, 0.15) is 0 Å². The quantitative estimate of drug-likeness (QED) is 0.736. The van der Waals surface area contributed by atoms with Crippen molar-refractivity contribution < 1.29 is 0 Å². The van der Waals surface area contributed by atoms with Crippen LogP contribution in [0.1, 0.15) is 13.3 Å². The van der Waals surface area contributed by atoms with Crippen molar-refractivity contribution in [2.75, 3.05) is 5.73 Å². The summed E-state index contributed by atoms with van der Waals surface area (Å²) >= 11 is 0. The Kier molecular flexibility index (Phi) is 1.87. The summed E-state index contributed by atoms with van der Waals surface area (Å²) in [5.74, 6) is 1.45. The molecule has 0 spiro atoms. The van der Waals surface area contributed by atoms with Crippen molar-refractivity contribution in [1.29, 1.82) is 0 Å². The molecule has 0 bridgehead atoms. The number of aromatic nitrogens is 1. The van der Waals surface area contributed by atoms with Crippen molar-refractivity contribution in [2.45, 2.75) is 19.9 Å². The molecule has 1 aromatic heterocycles. The van der Waals surface area contributed by atoms with Crippen LogP contribution < -0.4 is 11.3 Å². The Labute approximate surface area is 77.2 Å². The van der Waals surface area contributed by atoms with Gasteiger partial charge in [0.25, 0.3) is 5.56 Å². The second-order valence-corrected chi connectivity index (χ2v) is 3.89. The molecule has 1 heterocycles. The summed E-state index contributed by atoms with van der Waals surface area (Å²) in [7, 11) is 0. The monoisotopic (exact) mass is 178 g/mol. The molecule has 0 amide bonds. The van der Waals surface area contributed by atoms with E-state index in [0.717, 1.165) is 12.5 Å². The first-order chi connectivity index (χ1) is 6.18. The Morgan fingerprint density at radius 1 is 1.69 bits per heavy atom. The number of rotatable bonds is 2. The Hall–Kier alpha value is -1.25. The summed E-state index contributed by atoms with van der Waals surface area (Å²) < 4.78 is 1.71. The Bertz CT molecular complexity index is 369. The Morgan fingerprint density at radius 3 is 3.00 bits per heavy atom.